The molecule has 1 aliphatic carbocycles. The summed E-state index contributed by atoms with van der Waals surface area (Å²) in [5.41, 5.74) is 4.59. The van der Waals surface area contributed by atoms with Gasteiger partial charge in [-0.2, -0.15) is 10.1 Å². The van der Waals surface area contributed by atoms with Crippen molar-refractivity contribution in [1.29, 1.82) is 0 Å². The van der Waals surface area contributed by atoms with Gasteiger partial charge >= 0.3 is 0 Å². The first-order chi connectivity index (χ1) is 15.9. The van der Waals surface area contributed by atoms with Crippen LogP contribution in [0.25, 0.3) is 21.8 Å². The predicted molar refractivity (Wildman–Crippen MR) is 129 cm³/mol. The summed E-state index contributed by atoms with van der Waals surface area (Å²) in [5, 5.41) is 11.3. The molecule has 0 bridgehead atoms. The van der Waals surface area contributed by atoms with Crippen molar-refractivity contribution in [2.75, 3.05) is 16.3 Å². The minimum Gasteiger partial charge on any atom is -0.324 e. The summed E-state index contributed by atoms with van der Waals surface area (Å²) in [7, 11) is -3.32. The van der Waals surface area contributed by atoms with Crippen LogP contribution in [0.1, 0.15) is 17.2 Å². The van der Waals surface area contributed by atoms with Gasteiger partial charge in [-0.25, -0.2) is 18.1 Å². The number of nitrogens with zero attached hydrogens (tertiary/aromatic N) is 4. The summed E-state index contributed by atoms with van der Waals surface area (Å²) < 4.78 is 27.2. The standard InChI is InChI=1S/C24H20N6O2S/c1-33(31,32)29-19-10-8-18(9-11-19)27-24-25-13-17-14-26-30(23(17)28-24)21-12-16-6-2-4-15-5-3-7-20(21)22(15)16/h2-11,13-14,21,29H,12H2,1H3,(H,25,27,28). The SMILES string of the molecule is CS(=O)(=O)Nc1ccc(Nc2ncc3cnn(C4Cc5cccc6cccc4c56)c3n2)cc1. The van der Waals surface area contributed by atoms with Crippen LogP contribution in [0.3, 0.4) is 0 Å². The highest BCUT2D eigenvalue weighted by atomic mass is 32.2. The van der Waals surface area contributed by atoms with Gasteiger partial charge in [-0.15, -0.1) is 0 Å². The van der Waals surface area contributed by atoms with Crippen molar-refractivity contribution in [3.63, 3.8) is 0 Å². The molecule has 5 aromatic rings. The number of rotatable bonds is 5. The first kappa shape index (κ1) is 19.7. The van der Waals surface area contributed by atoms with Gasteiger partial charge in [0.1, 0.15) is 0 Å². The number of fused-ring (bicyclic) bond motifs is 1. The summed E-state index contributed by atoms with van der Waals surface area (Å²) >= 11 is 0. The zero-order chi connectivity index (χ0) is 22.6. The Balaban J connectivity index is 1.33. The molecule has 0 amide bonds. The number of anilines is 3. The number of hydrogen-bond acceptors (Lipinski definition) is 6. The summed E-state index contributed by atoms with van der Waals surface area (Å²) in [6.07, 6.45) is 5.55. The predicted octanol–water partition coefficient (Wildman–Crippen LogP) is 4.24. The van der Waals surface area contributed by atoms with Gasteiger partial charge in [-0.3, -0.25) is 4.72 Å². The van der Waals surface area contributed by atoms with Gasteiger partial charge in [0.15, 0.2) is 5.65 Å². The molecule has 9 heteroatoms. The van der Waals surface area contributed by atoms with E-state index in [9.17, 15) is 8.42 Å². The molecule has 0 fully saturated rings. The number of nitrogens with one attached hydrogen (secondary N) is 2. The van der Waals surface area contributed by atoms with Gasteiger partial charge in [0.2, 0.25) is 16.0 Å². The molecule has 6 rings (SSSR count). The Kier molecular flexibility index (Phi) is 4.34. The Bertz CT molecular complexity index is 1620. The molecule has 3 aromatic carbocycles. The van der Waals surface area contributed by atoms with E-state index in [0.717, 1.165) is 29.4 Å². The van der Waals surface area contributed by atoms with Crippen molar-refractivity contribution < 1.29 is 8.42 Å². The summed E-state index contributed by atoms with van der Waals surface area (Å²) in [6, 6.07) is 19.8. The van der Waals surface area contributed by atoms with Crippen LogP contribution in [0.4, 0.5) is 17.3 Å². The van der Waals surface area contributed by atoms with Crippen LogP contribution in [0.2, 0.25) is 0 Å². The monoisotopic (exact) mass is 456 g/mol. The van der Waals surface area contributed by atoms with Crippen molar-refractivity contribution in [2.45, 2.75) is 12.5 Å². The average molecular weight is 457 g/mol. The lowest BCUT2D eigenvalue weighted by Crippen LogP contribution is -2.12. The molecule has 0 saturated carbocycles. The second-order valence-electron chi connectivity index (χ2n) is 8.22. The third-order valence-corrected chi connectivity index (χ3v) is 6.48. The average Bonchev–Trinajstić information content (AvgIpc) is 3.37. The van der Waals surface area contributed by atoms with E-state index in [-0.39, 0.29) is 6.04 Å². The van der Waals surface area contributed by atoms with Gasteiger partial charge in [-0.1, -0.05) is 36.4 Å². The molecule has 0 saturated heterocycles. The molecule has 2 N–H and O–H groups in total. The maximum Gasteiger partial charge on any atom is 0.229 e. The molecule has 33 heavy (non-hydrogen) atoms. The highest BCUT2D eigenvalue weighted by molar-refractivity contribution is 7.92. The van der Waals surface area contributed by atoms with Gasteiger partial charge in [0.25, 0.3) is 0 Å². The zero-order valence-electron chi connectivity index (χ0n) is 17.7. The van der Waals surface area contributed by atoms with Crippen LogP contribution in [0.15, 0.2) is 73.1 Å². The Hall–Kier alpha value is -3.98. The fourth-order valence-corrected chi connectivity index (χ4v) is 5.09. The Morgan fingerprint density at radius 3 is 2.48 bits per heavy atom. The van der Waals surface area contributed by atoms with Gasteiger partial charge in [-0.05, 0) is 52.6 Å². The maximum absolute atomic E-state index is 11.4. The number of sulfonamides is 1. The van der Waals surface area contributed by atoms with Gasteiger partial charge in [0, 0.05) is 17.6 Å². The van der Waals surface area contributed by atoms with Crippen LogP contribution < -0.4 is 10.0 Å². The first-order valence-corrected chi connectivity index (χ1v) is 12.4. The van der Waals surface area contributed by atoms with Crippen LogP contribution in [0, 0.1) is 0 Å². The van der Waals surface area contributed by atoms with Crippen molar-refractivity contribution in [1.82, 2.24) is 19.7 Å². The quantitative estimate of drug-likeness (QED) is 0.410. The molecule has 2 aromatic heterocycles. The smallest absolute Gasteiger partial charge is 0.229 e. The lowest BCUT2D eigenvalue weighted by Gasteiger charge is -2.14. The van der Waals surface area contributed by atoms with E-state index < -0.39 is 10.0 Å². The first-order valence-electron chi connectivity index (χ1n) is 10.5. The molecule has 164 valence electrons. The maximum atomic E-state index is 11.4. The van der Waals surface area contributed by atoms with E-state index in [1.165, 1.54) is 21.9 Å². The van der Waals surface area contributed by atoms with Crippen molar-refractivity contribution in [3.05, 3.63) is 84.2 Å². The Morgan fingerprint density at radius 1 is 0.939 bits per heavy atom. The van der Waals surface area contributed by atoms with Crippen LogP contribution in [-0.4, -0.2) is 34.4 Å². The fourth-order valence-electron chi connectivity index (χ4n) is 4.52. The van der Waals surface area contributed by atoms with Crippen LogP contribution in [-0.2, 0) is 16.4 Å². The molecular formula is C24H20N6O2S. The van der Waals surface area contributed by atoms with Crippen LogP contribution in [0.5, 0.6) is 0 Å². The molecule has 2 heterocycles. The van der Waals surface area contributed by atoms with Gasteiger partial charge in [0.05, 0.1) is 23.9 Å². The second kappa shape index (κ2) is 7.28. The highest BCUT2D eigenvalue weighted by Crippen LogP contribution is 2.39. The largest absolute Gasteiger partial charge is 0.324 e. The van der Waals surface area contributed by atoms with Crippen molar-refractivity contribution >= 4 is 49.2 Å². The molecule has 0 spiro atoms. The van der Waals surface area contributed by atoms with E-state index in [1.54, 1.807) is 36.7 Å². The molecule has 1 aliphatic rings. The van der Waals surface area contributed by atoms with Crippen molar-refractivity contribution in [3.8, 4) is 0 Å². The molecule has 1 atom stereocenters. The molecular weight excluding hydrogens is 436 g/mol. The highest BCUT2D eigenvalue weighted by Gasteiger charge is 2.27. The summed E-state index contributed by atoms with van der Waals surface area (Å²) in [4.78, 5) is 9.17. The minimum absolute atomic E-state index is 0.0766. The third kappa shape index (κ3) is 3.56. The van der Waals surface area contributed by atoms with E-state index in [4.69, 9.17) is 4.98 Å². The summed E-state index contributed by atoms with van der Waals surface area (Å²) in [6.45, 7) is 0. The normalized spacial score (nSPS) is 15.2. The zero-order valence-corrected chi connectivity index (χ0v) is 18.5. The third-order valence-electron chi connectivity index (χ3n) is 5.87. The molecule has 0 radical (unpaired) electrons. The minimum atomic E-state index is -3.32. The summed E-state index contributed by atoms with van der Waals surface area (Å²) in [5.74, 6) is 0.446. The second-order valence-corrected chi connectivity index (χ2v) is 9.97. The van der Waals surface area contributed by atoms with E-state index in [0.29, 0.717) is 11.6 Å². The van der Waals surface area contributed by atoms with E-state index in [1.807, 2.05) is 4.68 Å². The van der Waals surface area contributed by atoms with Crippen molar-refractivity contribution in [2.24, 2.45) is 0 Å². The fraction of sp³-hybridized carbons (Fsp3) is 0.125. The Labute approximate surface area is 190 Å². The number of aromatic nitrogens is 4. The molecule has 1 unspecified atom stereocenters. The topological polar surface area (TPSA) is 102 Å². The molecule has 8 nitrogen and oxygen atoms in total. The van der Waals surface area contributed by atoms with E-state index >= 15 is 0 Å². The Morgan fingerprint density at radius 2 is 1.70 bits per heavy atom. The number of hydrogen-bond donors (Lipinski definition) is 2. The number of benzene rings is 3. The van der Waals surface area contributed by atoms with Gasteiger partial charge < -0.3 is 5.32 Å². The lowest BCUT2D eigenvalue weighted by molar-refractivity contribution is 0.550. The van der Waals surface area contributed by atoms with E-state index in [2.05, 4.69) is 56.5 Å². The van der Waals surface area contributed by atoms with Crippen LogP contribution >= 0.6 is 0 Å². The lowest BCUT2D eigenvalue weighted by atomic mass is 10.0. The molecule has 0 aliphatic heterocycles.